The zero-order chi connectivity index (χ0) is 13.0. The highest BCUT2D eigenvalue weighted by Crippen LogP contribution is 2.22. The molecule has 18 heavy (non-hydrogen) atoms. The summed E-state index contributed by atoms with van der Waals surface area (Å²) in [6, 6.07) is 7.16. The van der Waals surface area contributed by atoms with Crippen molar-refractivity contribution in [1.29, 1.82) is 0 Å². The summed E-state index contributed by atoms with van der Waals surface area (Å²) in [4.78, 5) is 5.17. The first-order chi connectivity index (χ1) is 8.66. The number of thiophene rings is 1. The van der Waals surface area contributed by atoms with Crippen LogP contribution in [-0.2, 0) is 11.4 Å². The van der Waals surface area contributed by atoms with Crippen LogP contribution >= 0.6 is 34.5 Å². The van der Waals surface area contributed by atoms with Crippen molar-refractivity contribution in [3.8, 4) is 0 Å². The molecule has 1 aromatic heterocycles. The molecule has 1 heterocycles. The standard InChI is InChI=1S/C12H10Cl2N2OS/c13-10-2-1-8(5-11(10)14)6-17-16-12(15)9-3-4-18-7-9/h1-5,7H,6H2,(H2,15,16). The van der Waals surface area contributed by atoms with E-state index in [1.54, 1.807) is 23.5 Å². The zero-order valence-electron chi connectivity index (χ0n) is 9.27. The molecular formula is C12H10Cl2N2OS. The molecule has 2 N–H and O–H groups in total. The van der Waals surface area contributed by atoms with Gasteiger partial charge in [-0.15, -0.1) is 0 Å². The topological polar surface area (TPSA) is 47.6 Å². The fourth-order valence-electron chi connectivity index (χ4n) is 1.27. The molecule has 0 saturated carbocycles. The molecule has 3 nitrogen and oxygen atoms in total. The molecule has 0 fully saturated rings. The Hall–Kier alpha value is -1.23. The van der Waals surface area contributed by atoms with Crippen molar-refractivity contribution in [1.82, 2.24) is 0 Å². The number of nitrogens with zero attached hydrogens (tertiary/aromatic N) is 1. The number of rotatable bonds is 4. The van der Waals surface area contributed by atoms with E-state index in [0.29, 0.717) is 22.5 Å². The van der Waals surface area contributed by atoms with Gasteiger partial charge in [-0.1, -0.05) is 34.4 Å². The van der Waals surface area contributed by atoms with Crippen LogP contribution < -0.4 is 5.73 Å². The molecule has 0 unspecified atom stereocenters. The predicted octanol–water partition coefficient (Wildman–Crippen LogP) is 3.89. The maximum atomic E-state index is 5.89. The highest BCUT2D eigenvalue weighted by molar-refractivity contribution is 7.08. The van der Waals surface area contributed by atoms with Crippen molar-refractivity contribution >= 4 is 40.4 Å². The van der Waals surface area contributed by atoms with Crippen molar-refractivity contribution < 1.29 is 4.84 Å². The number of benzene rings is 1. The minimum Gasteiger partial charge on any atom is -0.389 e. The zero-order valence-corrected chi connectivity index (χ0v) is 11.6. The summed E-state index contributed by atoms with van der Waals surface area (Å²) in [7, 11) is 0. The second kappa shape index (κ2) is 6.09. The minimum atomic E-state index is 0.293. The van der Waals surface area contributed by atoms with Gasteiger partial charge in [0.25, 0.3) is 0 Å². The summed E-state index contributed by atoms with van der Waals surface area (Å²) in [6.45, 7) is 0.293. The van der Waals surface area contributed by atoms with E-state index >= 15 is 0 Å². The van der Waals surface area contributed by atoms with Crippen LogP contribution in [0.1, 0.15) is 11.1 Å². The smallest absolute Gasteiger partial charge is 0.171 e. The summed E-state index contributed by atoms with van der Waals surface area (Å²) in [5, 5.41) is 8.68. The molecule has 0 aliphatic heterocycles. The average Bonchev–Trinajstić information content (AvgIpc) is 2.87. The molecule has 2 rings (SSSR count). The second-order valence-corrected chi connectivity index (χ2v) is 5.10. The number of oxime groups is 1. The Bertz CT molecular complexity index is 555. The summed E-state index contributed by atoms with van der Waals surface area (Å²) in [6.07, 6.45) is 0. The molecular weight excluding hydrogens is 291 g/mol. The highest BCUT2D eigenvalue weighted by Gasteiger charge is 2.01. The van der Waals surface area contributed by atoms with Crippen LogP contribution in [0, 0.1) is 0 Å². The van der Waals surface area contributed by atoms with E-state index in [0.717, 1.165) is 11.1 Å². The molecule has 0 spiro atoms. The Morgan fingerprint density at radius 3 is 2.78 bits per heavy atom. The van der Waals surface area contributed by atoms with Gasteiger partial charge in [0.05, 0.1) is 10.0 Å². The van der Waals surface area contributed by atoms with Gasteiger partial charge < -0.3 is 10.6 Å². The van der Waals surface area contributed by atoms with Crippen LogP contribution in [0.2, 0.25) is 10.0 Å². The van der Waals surface area contributed by atoms with Gasteiger partial charge >= 0.3 is 0 Å². The monoisotopic (exact) mass is 300 g/mol. The van der Waals surface area contributed by atoms with E-state index in [1.807, 2.05) is 22.9 Å². The van der Waals surface area contributed by atoms with E-state index in [2.05, 4.69) is 5.16 Å². The second-order valence-electron chi connectivity index (χ2n) is 3.51. The van der Waals surface area contributed by atoms with Gasteiger partial charge in [-0.2, -0.15) is 11.3 Å². The van der Waals surface area contributed by atoms with Gasteiger partial charge in [-0.05, 0) is 29.1 Å². The maximum absolute atomic E-state index is 5.89. The lowest BCUT2D eigenvalue weighted by molar-refractivity contribution is 0.130. The predicted molar refractivity (Wildman–Crippen MR) is 76.3 cm³/mol. The first kappa shape index (κ1) is 13.2. The van der Waals surface area contributed by atoms with Crippen LogP contribution in [0.3, 0.4) is 0 Å². The molecule has 0 radical (unpaired) electrons. The van der Waals surface area contributed by atoms with Crippen molar-refractivity contribution in [3.05, 3.63) is 56.2 Å². The Balaban J connectivity index is 1.96. The average molecular weight is 301 g/mol. The van der Waals surface area contributed by atoms with Crippen molar-refractivity contribution in [2.45, 2.75) is 6.61 Å². The normalized spacial score (nSPS) is 11.6. The van der Waals surface area contributed by atoms with Crippen LogP contribution in [-0.4, -0.2) is 5.84 Å². The third-order valence-electron chi connectivity index (χ3n) is 2.20. The first-order valence-corrected chi connectivity index (χ1v) is 6.78. The lowest BCUT2D eigenvalue weighted by Crippen LogP contribution is -2.12. The molecule has 1 aromatic carbocycles. The fourth-order valence-corrected chi connectivity index (χ4v) is 2.24. The summed E-state index contributed by atoms with van der Waals surface area (Å²) in [5.74, 6) is 0.358. The molecule has 0 aliphatic carbocycles. The molecule has 6 heteroatoms. The molecule has 94 valence electrons. The lowest BCUT2D eigenvalue weighted by Gasteiger charge is -2.03. The van der Waals surface area contributed by atoms with Crippen LogP contribution in [0.25, 0.3) is 0 Å². The molecule has 0 aliphatic rings. The largest absolute Gasteiger partial charge is 0.389 e. The van der Waals surface area contributed by atoms with E-state index in [9.17, 15) is 0 Å². The Labute approximate surface area is 119 Å². The number of halogens is 2. The molecule has 0 saturated heterocycles. The number of hydrogen-bond donors (Lipinski definition) is 1. The fraction of sp³-hybridized carbons (Fsp3) is 0.0833. The number of hydrogen-bond acceptors (Lipinski definition) is 3. The van der Waals surface area contributed by atoms with Crippen molar-refractivity contribution in [3.63, 3.8) is 0 Å². The van der Waals surface area contributed by atoms with Gasteiger partial charge in [-0.3, -0.25) is 0 Å². The quantitative estimate of drug-likeness (QED) is 0.529. The molecule has 0 amide bonds. The maximum Gasteiger partial charge on any atom is 0.171 e. The van der Waals surface area contributed by atoms with Crippen molar-refractivity contribution in [2.24, 2.45) is 10.9 Å². The Morgan fingerprint density at radius 1 is 1.28 bits per heavy atom. The molecule has 0 atom stereocenters. The van der Waals surface area contributed by atoms with Gasteiger partial charge in [0.1, 0.15) is 6.61 Å². The van der Waals surface area contributed by atoms with E-state index in [1.165, 1.54) is 0 Å². The summed E-state index contributed by atoms with van der Waals surface area (Å²) < 4.78 is 0. The van der Waals surface area contributed by atoms with Gasteiger partial charge in [0.2, 0.25) is 0 Å². The van der Waals surface area contributed by atoms with Crippen molar-refractivity contribution in [2.75, 3.05) is 0 Å². The number of amidine groups is 1. The van der Waals surface area contributed by atoms with Crippen LogP contribution in [0.15, 0.2) is 40.2 Å². The third-order valence-corrected chi connectivity index (χ3v) is 3.62. The molecule has 2 aromatic rings. The highest BCUT2D eigenvalue weighted by atomic mass is 35.5. The van der Waals surface area contributed by atoms with Crippen LogP contribution in [0.5, 0.6) is 0 Å². The first-order valence-electron chi connectivity index (χ1n) is 5.09. The minimum absolute atomic E-state index is 0.293. The van der Waals surface area contributed by atoms with E-state index in [-0.39, 0.29) is 0 Å². The summed E-state index contributed by atoms with van der Waals surface area (Å²) in [5.41, 5.74) is 7.48. The third kappa shape index (κ3) is 3.38. The summed E-state index contributed by atoms with van der Waals surface area (Å²) >= 11 is 13.3. The Kier molecular flexibility index (Phi) is 4.47. The number of nitrogens with two attached hydrogens (primary N) is 1. The van der Waals surface area contributed by atoms with E-state index < -0.39 is 0 Å². The van der Waals surface area contributed by atoms with Gasteiger partial charge in [0.15, 0.2) is 5.84 Å². The Morgan fingerprint density at radius 2 is 2.11 bits per heavy atom. The van der Waals surface area contributed by atoms with E-state index in [4.69, 9.17) is 33.8 Å². The van der Waals surface area contributed by atoms with Gasteiger partial charge in [-0.25, -0.2) is 0 Å². The van der Waals surface area contributed by atoms with Crippen LogP contribution in [0.4, 0.5) is 0 Å². The molecule has 0 bridgehead atoms. The lowest BCUT2D eigenvalue weighted by atomic mass is 10.2. The van der Waals surface area contributed by atoms with Gasteiger partial charge in [0, 0.05) is 10.9 Å². The SMILES string of the molecule is NC(=NOCc1ccc(Cl)c(Cl)c1)c1ccsc1.